The Morgan fingerprint density at radius 2 is 2.00 bits per heavy atom. The summed E-state index contributed by atoms with van der Waals surface area (Å²) in [5.41, 5.74) is 9.83. The number of fused-ring (bicyclic) bond motifs is 1. The first-order valence-corrected chi connectivity index (χ1v) is 10.6. The van der Waals surface area contributed by atoms with Crippen LogP contribution < -0.4 is 20.7 Å². The third-order valence-electron chi connectivity index (χ3n) is 5.27. The van der Waals surface area contributed by atoms with E-state index < -0.39 is 0 Å². The van der Waals surface area contributed by atoms with Gasteiger partial charge in [-0.3, -0.25) is 0 Å². The zero-order chi connectivity index (χ0) is 21.1. The van der Waals surface area contributed by atoms with E-state index in [9.17, 15) is 0 Å². The summed E-state index contributed by atoms with van der Waals surface area (Å²) in [6.45, 7) is 10.9. The fourth-order valence-corrected chi connectivity index (χ4v) is 3.64. The number of hydrogen-bond donors (Lipinski definition) is 2. The van der Waals surface area contributed by atoms with E-state index in [1.54, 1.807) is 10.7 Å². The summed E-state index contributed by atoms with van der Waals surface area (Å²) < 4.78 is 7.44. The van der Waals surface area contributed by atoms with Gasteiger partial charge in [0.25, 0.3) is 0 Å². The van der Waals surface area contributed by atoms with Crippen LogP contribution in [0.25, 0.3) is 5.65 Å². The molecule has 0 saturated carbocycles. The van der Waals surface area contributed by atoms with Crippen molar-refractivity contribution in [2.75, 3.05) is 43.4 Å². The molecule has 0 unspecified atom stereocenters. The lowest BCUT2D eigenvalue weighted by atomic mass is 10.1. The number of nitrogens with one attached hydrogen (secondary N) is 1. The van der Waals surface area contributed by atoms with Gasteiger partial charge in [-0.2, -0.15) is 4.98 Å². The monoisotopic (exact) mass is 410 g/mol. The molecule has 0 aliphatic carbocycles. The van der Waals surface area contributed by atoms with Gasteiger partial charge in [-0.1, -0.05) is 19.9 Å². The fraction of sp³-hybridized carbons (Fsp3) is 0.524. The van der Waals surface area contributed by atoms with Crippen LogP contribution in [0.5, 0.6) is 6.01 Å². The molecule has 0 amide bonds. The van der Waals surface area contributed by atoms with Gasteiger partial charge >= 0.3 is 6.01 Å². The number of aryl methyl sites for hydroxylation is 1. The van der Waals surface area contributed by atoms with Crippen LogP contribution in [0.2, 0.25) is 0 Å². The van der Waals surface area contributed by atoms with Crippen LogP contribution in [0.3, 0.4) is 0 Å². The van der Waals surface area contributed by atoms with Crippen molar-refractivity contribution in [1.82, 2.24) is 29.9 Å². The molecule has 1 aliphatic rings. The van der Waals surface area contributed by atoms with Crippen molar-refractivity contribution in [3.05, 3.63) is 35.3 Å². The predicted octanol–water partition coefficient (Wildman–Crippen LogP) is 1.84. The fourth-order valence-electron chi connectivity index (χ4n) is 3.64. The number of nitrogens with zero attached hydrogens (tertiary/aromatic N) is 6. The van der Waals surface area contributed by atoms with Gasteiger partial charge in [0.15, 0.2) is 11.5 Å². The van der Waals surface area contributed by atoms with E-state index in [1.807, 2.05) is 6.20 Å². The standard InChI is InChI=1S/C21H30N8O/c1-14(2)4-9-30-21-26-18(22)20-25-13-17(29(20)27-21)11-16-10-15(3)19(24-12-16)28-7-5-23-6-8-28/h10,12-14,23H,4-9,11H2,1-3H3,(H2,22,26,27). The zero-order valence-corrected chi connectivity index (χ0v) is 17.9. The highest BCUT2D eigenvalue weighted by Gasteiger charge is 2.16. The molecule has 4 heterocycles. The number of aromatic nitrogens is 5. The maximum absolute atomic E-state index is 6.08. The van der Waals surface area contributed by atoms with Crippen LogP contribution in [0, 0.1) is 12.8 Å². The Kier molecular flexibility index (Phi) is 5.98. The van der Waals surface area contributed by atoms with E-state index in [0.29, 0.717) is 30.4 Å². The molecule has 1 fully saturated rings. The van der Waals surface area contributed by atoms with E-state index >= 15 is 0 Å². The molecule has 3 aromatic rings. The smallest absolute Gasteiger partial charge is 0.336 e. The minimum Gasteiger partial charge on any atom is -0.462 e. The number of imidazole rings is 1. The molecular formula is C21H30N8O. The second-order valence-corrected chi connectivity index (χ2v) is 8.19. The minimum absolute atomic E-state index is 0.281. The van der Waals surface area contributed by atoms with Gasteiger partial charge in [0, 0.05) is 38.8 Å². The SMILES string of the molecule is Cc1cc(Cc2cnc3c(N)nc(OCCC(C)C)nn23)cnc1N1CCNCC1. The molecule has 9 nitrogen and oxygen atoms in total. The summed E-state index contributed by atoms with van der Waals surface area (Å²) in [5, 5.41) is 7.89. The summed E-state index contributed by atoms with van der Waals surface area (Å²) >= 11 is 0. The van der Waals surface area contributed by atoms with Gasteiger partial charge in [-0.05, 0) is 30.4 Å². The summed E-state index contributed by atoms with van der Waals surface area (Å²) in [6, 6.07) is 2.47. The molecule has 0 aromatic carbocycles. The van der Waals surface area contributed by atoms with Crippen molar-refractivity contribution in [1.29, 1.82) is 0 Å². The number of nitrogen functional groups attached to an aromatic ring is 1. The number of hydrogen-bond acceptors (Lipinski definition) is 8. The molecule has 3 N–H and O–H groups in total. The van der Waals surface area contributed by atoms with Gasteiger partial charge in [0.2, 0.25) is 0 Å². The Morgan fingerprint density at radius 1 is 1.20 bits per heavy atom. The molecule has 0 atom stereocenters. The van der Waals surface area contributed by atoms with Crippen LogP contribution in [-0.2, 0) is 6.42 Å². The zero-order valence-electron chi connectivity index (χ0n) is 17.9. The normalized spacial score (nSPS) is 14.6. The molecule has 1 aliphatic heterocycles. The Morgan fingerprint density at radius 3 is 2.73 bits per heavy atom. The van der Waals surface area contributed by atoms with Crippen molar-refractivity contribution >= 4 is 17.3 Å². The Labute approximate surface area is 176 Å². The van der Waals surface area contributed by atoms with Crippen molar-refractivity contribution in [2.24, 2.45) is 5.92 Å². The first kappa shape index (κ1) is 20.3. The maximum Gasteiger partial charge on any atom is 0.336 e. The average Bonchev–Trinajstić information content (AvgIpc) is 3.12. The van der Waals surface area contributed by atoms with E-state index in [4.69, 9.17) is 15.5 Å². The Bertz CT molecular complexity index is 1010. The van der Waals surface area contributed by atoms with Gasteiger partial charge in [-0.15, -0.1) is 5.10 Å². The van der Waals surface area contributed by atoms with E-state index in [2.05, 4.69) is 52.1 Å². The highest BCUT2D eigenvalue weighted by Crippen LogP contribution is 2.21. The Balaban J connectivity index is 1.54. The average molecular weight is 411 g/mol. The quantitative estimate of drug-likeness (QED) is 0.608. The number of piperazine rings is 1. The summed E-state index contributed by atoms with van der Waals surface area (Å²) in [6.07, 6.45) is 5.31. The Hall–Kier alpha value is -2.94. The molecule has 0 spiro atoms. The first-order valence-electron chi connectivity index (χ1n) is 10.6. The molecule has 3 aromatic heterocycles. The van der Waals surface area contributed by atoms with Gasteiger partial charge in [-0.25, -0.2) is 14.5 Å². The van der Waals surface area contributed by atoms with Crippen LogP contribution in [0.1, 0.15) is 37.1 Å². The summed E-state index contributed by atoms with van der Waals surface area (Å²) in [7, 11) is 0. The van der Waals surface area contributed by atoms with E-state index in [1.165, 1.54) is 5.56 Å². The third-order valence-corrected chi connectivity index (χ3v) is 5.27. The lowest BCUT2D eigenvalue weighted by Crippen LogP contribution is -2.44. The maximum atomic E-state index is 6.08. The summed E-state index contributed by atoms with van der Waals surface area (Å²) in [4.78, 5) is 15.7. The van der Waals surface area contributed by atoms with Crippen LogP contribution in [-0.4, -0.2) is 57.4 Å². The molecular weight excluding hydrogens is 380 g/mol. The number of anilines is 2. The van der Waals surface area contributed by atoms with Crippen molar-refractivity contribution in [2.45, 2.75) is 33.6 Å². The van der Waals surface area contributed by atoms with Crippen molar-refractivity contribution in [3.8, 4) is 6.01 Å². The molecule has 1 saturated heterocycles. The van der Waals surface area contributed by atoms with Gasteiger partial charge < -0.3 is 20.7 Å². The van der Waals surface area contributed by atoms with Crippen LogP contribution >= 0.6 is 0 Å². The second-order valence-electron chi connectivity index (χ2n) is 8.19. The first-order chi connectivity index (χ1) is 14.5. The minimum atomic E-state index is 0.281. The molecule has 0 bridgehead atoms. The molecule has 160 valence electrons. The topological polar surface area (TPSA) is 106 Å². The lowest BCUT2D eigenvalue weighted by molar-refractivity contribution is 0.264. The van der Waals surface area contributed by atoms with Crippen molar-refractivity contribution in [3.63, 3.8) is 0 Å². The largest absolute Gasteiger partial charge is 0.462 e. The second kappa shape index (κ2) is 8.83. The molecule has 4 rings (SSSR count). The molecule has 30 heavy (non-hydrogen) atoms. The highest BCUT2D eigenvalue weighted by atomic mass is 16.5. The van der Waals surface area contributed by atoms with E-state index in [0.717, 1.165) is 49.7 Å². The lowest BCUT2D eigenvalue weighted by Gasteiger charge is -2.29. The number of nitrogens with two attached hydrogens (primary N) is 1. The number of ether oxygens (including phenoxy) is 1. The predicted molar refractivity (Wildman–Crippen MR) is 117 cm³/mol. The van der Waals surface area contributed by atoms with Crippen LogP contribution in [0.4, 0.5) is 11.6 Å². The molecule has 9 heteroatoms. The number of rotatable bonds is 7. The van der Waals surface area contributed by atoms with Gasteiger partial charge in [0.05, 0.1) is 18.5 Å². The van der Waals surface area contributed by atoms with Crippen LogP contribution in [0.15, 0.2) is 18.5 Å². The number of pyridine rings is 1. The van der Waals surface area contributed by atoms with E-state index in [-0.39, 0.29) is 6.01 Å². The van der Waals surface area contributed by atoms with Gasteiger partial charge in [0.1, 0.15) is 5.82 Å². The van der Waals surface area contributed by atoms with Crippen molar-refractivity contribution < 1.29 is 4.74 Å². The highest BCUT2D eigenvalue weighted by molar-refractivity contribution is 5.60. The third kappa shape index (κ3) is 4.46. The summed E-state index contributed by atoms with van der Waals surface area (Å²) in [5.74, 6) is 1.93. The molecule has 0 radical (unpaired) electrons.